The Morgan fingerprint density at radius 3 is 1.83 bits per heavy atom. The maximum atomic E-state index is 16.3. The number of nitrogens with zero attached hydrogens (tertiary/aromatic N) is 6. The molecule has 0 bridgehead atoms. The summed E-state index contributed by atoms with van der Waals surface area (Å²) in [6.45, 7) is 3.90. The van der Waals surface area contributed by atoms with Crippen molar-refractivity contribution in [2.75, 3.05) is 45.9 Å². The number of para-hydroxylation sites is 1. The number of carbonyl (C=O) groups is 2. The number of benzene rings is 6. The zero-order valence-electron chi connectivity index (χ0n) is 43.2. The number of rotatable bonds is 19. The van der Waals surface area contributed by atoms with E-state index in [9.17, 15) is 9.59 Å². The Labute approximate surface area is 447 Å². The Morgan fingerprint density at radius 2 is 1.26 bits per heavy atom. The third-order valence-corrected chi connectivity index (χ3v) is 16.0. The van der Waals surface area contributed by atoms with Gasteiger partial charge in [-0.3, -0.25) is 0 Å². The highest BCUT2D eigenvalue weighted by Crippen LogP contribution is 2.44. The number of ether oxygens (including phenoxy) is 5. The number of tetrazole rings is 1. The topological polar surface area (TPSA) is 275 Å². The van der Waals surface area contributed by atoms with Crippen LogP contribution in [0.1, 0.15) is 43.0 Å². The molecule has 1 aliphatic heterocycles. The van der Waals surface area contributed by atoms with Crippen LogP contribution < -0.4 is 35.7 Å². The number of nitrogen functional groups attached to an aromatic ring is 2. The maximum Gasteiger partial charge on any atom is 0.410 e. The van der Waals surface area contributed by atoms with Crippen molar-refractivity contribution in [3.63, 3.8) is 0 Å². The average Bonchev–Trinajstić information content (AvgIpc) is 4.09. The molecular weight excluding hydrogens is 1030 g/mol. The van der Waals surface area contributed by atoms with E-state index in [1.807, 2.05) is 6.07 Å². The van der Waals surface area contributed by atoms with Crippen LogP contribution in [0.5, 0.6) is 17.2 Å². The highest BCUT2D eigenvalue weighted by Gasteiger charge is 2.43. The quantitative estimate of drug-likeness (QED) is 0.0604. The molecule has 0 saturated carbocycles. The van der Waals surface area contributed by atoms with Crippen LogP contribution in [0.25, 0.3) is 22.5 Å². The number of sulfonamides is 2. The van der Waals surface area contributed by atoms with Gasteiger partial charge in [-0.1, -0.05) is 84.9 Å². The third-order valence-electron chi connectivity index (χ3n) is 12.4. The minimum atomic E-state index is -5.10. The van der Waals surface area contributed by atoms with Crippen molar-refractivity contribution in [2.24, 2.45) is 0 Å². The lowest BCUT2D eigenvalue weighted by Crippen LogP contribution is -2.51. The van der Waals surface area contributed by atoms with Crippen molar-refractivity contribution in [3.8, 4) is 39.8 Å². The fourth-order valence-corrected chi connectivity index (χ4v) is 12.2. The molecule has 23 heteroatoms. The molecule has 7 aromatic rings. The van der Waals surface area contributed by atoms with Crippen molar-refractivity contribution in [3.05, 3.63) is 156 Å². The van der Waals surface area contributed by atoms with Gasteiger partial charge in [0.05, 0.1) is 56.9 Å². The molecule has 0 radical (unpaired) electrons. The van der Waals surface area contributed by atoms with Crippen molar-refractivity contribution in [1.82, 2.24) is 39.5 Å². The first kappa shape index (κ1) is 55.0. The number of amides is 2. The van der Waals surface area contributed by atoms with Crippen LogP contribution in [0.2, 0.25) is 0 Å². The highest BCUT2D eigenvalue weighted by atomic mass is 32.2. The summed E-state index contributed by atoms with van der Waals surface area (Å²) in [5.41, 5.74) is 14.9. The van der Waals surface area contributed by atoms with Crippen LogP contribution >= 0.6 is 0 Å². The SMILES string of the molecule is COc1ccc(CN(Cc2ccc(OC)cc2)S(=O)(=O)c2c(S(=O)(=O)N[C@H]3CN(C(=O)OC(C)(C)C)C[C@H]3NC(=O)OCc3ccccc3)ccc(-c3cccc(N)c3N)c2-c2nnn(Cc3ccc(OC)cc3)n2)cc1. The lowest BCUT2D eigenvalue weighted by molar-refractivity contribution is 0.0287. The molecule has 0 spiro atoms. The van der Waals surface area contributed by atoms with Crippen LogP contribution in [0.15, 0.2) is 143 Å². The lowest BCUT2D eigenvalue weighted by atomic mass is 9.97. The first-order chi connectivity index (χ1) is 36.7. The van der Waals surface area contributed by atoms with Gasteiger partial charge in [-0.05, 0) is 102 Å². The van der Waals surface area contributed by atoms with Gasteiger partial charge >= 0.3 is 12.2 Å². The van der Waals surface area contributed by atoms with E-state index in [1.165, 1.54) is 30.0 Å². The van der Waals surface area contributed by atoms with Gasteiger partial charge in [0.25, 0.3) is 0 Å². The van der Waals surface area contributed by atoms with Crippen LogP contribution in [0.3, 0.4) is 0 Å². The molecule has 6 aromatic carbocycles. The summed E-state index contributed by atoms with van der Waals surface area (Å²) in [6.07, 6.45) is -1.69. The van der Waals surface area contributed by atoms with Gasteiger partial charge in [0.1, 0.15) is 39.2 Å². The standard InChI is InChI=1S/C54H60N10O11S2/c1-54(2,3)75-53(66)62-32-45(57-52(65)74-34-38-11-8-7-9-12-38)46(33-62)60-76(67,68)47-28-27-42(43-13-10-14-44(55)49(43)56)48(51-58-61-64(59-51)31-37-19-25-41(73-6)26-20-37)50(47)77(69,70)63(29-35-15-21-39(71-4)22-16-35)30-36-17-23-40(72-5)24-18-36/h7-28,45-46,60H,29-34,55-56H2,1-6H3,(H,57,65)/t45-,46+/m1/s1. The molecule has 404 valence electrons. The second-order valence-corrected chi connectivity index (χ2v) is 22.6. The minimum Gasteiger partial charge on any atom is -0.497 e. The molecule has 0 aliphatic carbocycles. The zero-order chi connectivity index (χ0) is 55.1. The van der Waals surface area contributed by atoms with E-state index < -0.39 is 59.7 Å². The number of likely N-dealkylation sites (tertiary alicyclic amines) is 1. The van der Waals surface area contributed by atoms with E-state index in [0.29, 0.717) is 33.9 Å². The largest absolute Gasteiger partial charge is 0.497 e. The molecule has 1 fully saturated rings. The molecule has 1 aliphatic rings. The minimum absolute atomic E-state index is 0.0611. The first-order valence-corrected chi connectivity index (χ1v) is 27.1. The van der Waals surface area contributed by atoms with Gasteiger partial charge in [-0.25, -0.2) is 31.1 Å². The number of carbonyl (C=O) groups excluding carboxylic acids is 2. The molecule has 8 rings (SSSR count). The predicted octanol–water partition coefficient (Wildman–Crippen LogP) is 6.83. The zero-order valence-corrected chi connectivity index (χ0v) is 44.9. The van der Waals surface area contributed by atoms with E-state index in [2.05, 4.69) is 20.4 Å². The van der Waals surface area contributed by atoms with Crippen LogP contribution in [0, 0.1) is 0 Å². The molecule has 21 nitrogen and oxygen atoms in total. The van der Waals surface area contributed by atoms with E-state index in [-0.39, 0.29) is 73.2 Å². The van der Waals surface area contributed by atoms with Gasteiger partial charge in [0, 0.05) is 31.7 Å². The maximum absolute atomic E-state index is 16.3. The average molecular weight is 1090 g/mol. The lowest BCUT2D eigenvalue weighted by Gasteiger charge is -2.27. The summed E-state index contributed by atoms with van der Waals surface area (Å²) < 4.78 is 95.0. The van der Waals surface area contributed by atoms with Gasteiger partial charge in [0.15, 0.2) is 0 Å². The van der Waals surface area contributed by atoms with Gasteiger partial charge in [-0.2, -0.15) is 9.10 Å². The second-order valence-electron chi connectivity index (χ2n) is 19.0. The number of nitrogens with one attached hydrogen (secondary N) is 2. The van der Waals surface area contributed by atoms with E-state index in [0.717, 1.165) is 15.9 Å². The number of aromatic nitrogens is 4. The summed E-state index contributed by atoms with van der Waals surface area (Å²) in [6, 6.07) is 34.4. The van der Waals surface area contributed by atoms with Crippen molar-refractivity contribution >= 4 is 43.6 Å². The Hall–Kier alpha value is -8.25. The normalized spacial score (nSPS) is 14.8. The third kappa shape index (κ3) is 13.2. The number of anilines is 2. The molecule has 6 N–H and O–H groups in total. The van der Waals surface area contributed by atoms with Gasteiger partial charge in [0.2, 0.25) is 25.9 Å². The molecule has 2 heterocycles. The number of hydrogen-bond donors (Lipinski definition) is 4. The van der Waals surface area contributed by atoms with Gasteiger partial charge in [-0.15, -0.1) is 10.2 Å². The molecule has 1 aromatic heterocycles. The fourth-order valence-electron chi connectivity index (χ4n) is 8.55. The van der Waals surface area contributed by atoms with Crippen LogP contribution in [0.4, 0.5) is 21.0 Å². The number of methoxy groups -OCH3 is 3. The molecule has 0 unspecified atom stereocenters. The fraction of sp³-hybridized carbons (Fsp3) is 0.278. The van der Waals surface area contributed by atoms with Gasteiger partial charge < -0.3 is 45.4 Å². The Balaban J connectivity index is 1.32. The summed E-state index contributed by atoms with van der Waals surface area (Å²) in [5.74, 6) is 1.37. The predicted molar refractivity (Wildman–Crippen MR) is 287 cm³/mol. The van der Waals surface area contributed by atoms with E-state index in [1.54, 1.807) is 143 Å². The Bertz CT molecular complexity index is 3380. The first-order valence-electron chi connectivity index (χ1n) is 24.2. The Morgan fingerprint density at radius 1 is 0.688 bits per heavy atom. The molecule has 2 amide bonds. The van der Waals surface area contributed by atoms with E-state index in [4.69, 9.17) is 40.3 Å². The van der Waals surface area contributed by atoms with Crippen LogP contribution in [-0.4, -0.2) is 111 Å². The van der Waals surface area contributed by atoms with E-state index >= 15 is 16.8 Å². The summed E-state index contributed by atoms with van der Waals surface area (Å²) in [4.78, 5) is 28.1. The molecular formula is C54H60N10O11S2. The Kier molecular flexibility index (Phi) is 16.7. The summed E-state index contributed by atoms with van der Waals surface area (Å²) in [7, 11) is -5.62. The van der Waals surface area contributed by atoms with Crippen LogP contribution in [-0.2, 0) is 55.8 Å². The number of alkyl carbamates (subject to hydrolysis) is 1. The van der Waals surface area contributed by atoms with Crippen molar-refractivity contribution in [2.45, 2.75) is 74.5 Å². The molecule has 2 atom stereocenters. The smallest absolute Gasteiger partial charge is 0.410 e. The van der Waals surface area contributed by atoms with Crippen molar-refractivity contribution < 1.29 is 50.1 Å². The molecule has 1 saturated heterocycles. The number of hydrogen-bond acceptors (Lipinski definition) is 16. The second kappa shape index (κ2) is 23.3. The monoisotopic (exact) mass is 1090 g/mol. The molecule has 77 heavy (non-hydrogen) atoms. The summed E-state index contributed by atoms with van der Waals surface area (Å²) in [5, 5.41) is 16.2. The number of nitrogens with two attached hydrogens (primary N) is 2. The van der Waals surface area contributed by atoms with Crippen molar-refractivity contribution in [1.29, 1.82) is 0 Å². The summed E-state index contributed by atoms with van der Waals surface area (Å²) >= 11 is 0. The highest BCUT2D eigenvalue weighted by molar-refractivity contribution is 7.92.